The van der Waals surface area contributed by atoms with Crippen LogP contribution in [0.4, 0.5) is 0 Å². The van der Waals surface area contributed by atoms with E-state index in [1.165, 1.54) is 0 Å². The fourth-order valence-corrected chi connectivity index (χ4v) is 3.71. The highest BCUT2D eigenvalue weighted by molar-refractivity contribution is 7.80. The molecule has 21 heavy (non-hydrogen) atoms. The van der Waals surface area contributed by atoms with E-state index < -0.39 is 0 Å². The monoisotopic (exact) mass is 314 g/mol. The molecule has 0 bridgehead atoms. The molecule has 1 rings (SSSR count). The SMILES string of the molecule is CCCC(CS)(CCC)CN1CCN(C(C)C)C(=O)C1=O. The molecule has 1 saturated heterocycles. The Morgan fingerprint density at radius 3 is 2.10 bits per heavy atom. The van der Waals surface area contributed by atoms with Gasteiger partial charge in [0.2, 0.25) is 0 Å². The Morgan fingerprint density at radius 2 is 1.67 bits per heavy atom. The van der Waals surface area contributed by atoms with Crippen molar-refractivity contribution >= 4 is 24.4 Å². The van der Waals surface area contributed by atoms with Gasteiger partial charge in [0.25, 0.3) is 0 Å². The fourth-order valence-electron chi connectivity index (χ4n) is 3.29. The zero-order valence-electron chi connectivity index (χ0n) is 13.9. The summed E-state index contributed by atoms with van der Waals surface area (Å²) in [6.45, 7) is 10.2. The molecule has 0 saturated carbocycles. The van der Waals surface area contributed by atoms with Crippen LogP contribution in [0.5, 0.6) is 0 Å². The molecule has 0 aromatic carbocycles. The van der Waals surface area contributed by atoms with Crippen molar-refractivity contribution in [3.63, 3.8) is 0 Å². The second-order valence-electron chi connectivity index (χ2n) is 6.48. The Labute approximate surface area is 134 Å². The largest absolute Gasteiger partial charge is 0.332 e. The van der Waals surface area contributed by atoms with E-state index in [9.17, 15) is 9.59 Å². The molecule has 0 aliphatic carbocycles. The van der Waals surface area contributed by atoms with E-state index in [0.717, 1.165) is 31.4 Å². The van der Waals surface area contributed by atoms with Gasteiger partial charge in [-0.05, 0) is 37.9 Å². The van der Waals surface area contributed by atoms with Crippen LogP contribution >= 0.6 is 12.6 Å². The van der Waals surface area contributed by atoms with Crippen LogP contribution in [-0.2, 0) is 9.59 Å². The van der Waals surface area contributed by atoms with E-state index in [-0.39, 0.29) is 23.3 Å². The molecule has 1 aliphatic heterocycles. The Hall–Kier alpha value is -0.710. The maximum absolute atomic E-state index is 12.4. The molecular formula is C16H30N2O2S. The minimum absolute atomic E-state index is 0.0442. The lowest BCUT2D eigenvalue weighted by atomic mass is 9.80. The van der Waals surface area contributed by atoms with E-state index in [4.69, 9.17) is 0 Å². The van der Waals surface area contributed by atoms with Crippen LogP contribution < -0.4 is 0 Å². The summed E-state index contributed by atoms with van der Waals surface area (Å²) in [6.07, 6.45) is 4.26. The van der Waals surface area contributed by atoms with Crippen molar-refractivity contribution in [3.05, 3.63) is 0 Å². The quantitative estimate of drug-likeness (QED) is 0.552. The molecule has 1 aliphatic rings. The van der Waals surface area contributed by atoms with Crippen LogP contribution in [0.15, 0.2) is 0 Å². The summed E-state index contributed by atoms with van der Waals surface area (Å²) in [5.74, 6) is 0.0752. The van der Waals surface area contributed by atoms with E-state index in [1.54, 1.807) is 9.80 Å². The second-order valence-corrected chi connectivity index (χ2v) is 6.79. The van der Waals surface area contributed by atoms with Gasteiger partial charge >= 0.3 is 11.8 Å². The number of carbonyl (C=O) groups excluding carboxylic acids is 2. The summed E-state index contributed by atoms with van der Waals surface area (Å²) in [5.41, 5.74) is 0.0442. The van der Waals surface area contributed by atoms with Crippen molar-refractivity contribution in [2.75, 3.05) is 25.4 Å². The molecule has 0 aromatic heterocycles. The third-order valence-electron chi connectivity index (χ3n) is 4.39. The smallest absolute Gasteiger partial charge is 0.312 e. The summed E-state index contributed by atoms with van der Waals surface area (Å²) < 4.78 is 0. The summed E-state index contributed by atoms with van der Waals surface area (Å²) in [7, 11) is 0. The third-order valence-corrected chi connectivity index (χ3v) is 5.06. The Bertz CT molecular complexity index is 365. The summed E-state index contributed by atoms with van der Waals surface area (Å²) in [4.78, 5) is 28.0. The Balaban J connectivity index is 2.81. The number of amides is 2. The molecule has 0 N–H and O–H groups in total. The number of carbonyl (C=O) groups is 2. The van der Waals surface area contributed by atoms with Crippen molar-refractivity contribution in [3.8, 4) is 0 Å². The first kappa shape index (κ1) is 18.3. The average molecular weight is 314 g/mol. The molecule has 1 heterocycles. The van der Waals surface area contributed by atoms with Crippen LogP contribution in [0.3, 0.4) is 0 Å². The van der Waals surface area contributed by atoms with Gasteiger partial charge in [-0.15, -0.1) is 0 Å². The number of nitrogens with zero attached hydrogens (tertiary/aromatic N) is 2. The zero-order valence-corrected chi connectivity index (χ0v) is 14.8. The van der Waals surface area contributed by atoms with Gasteiger partial charge in [-0.2, -0.15) is 12.6 Å². The van der Waals surface area contributed by atoms with Crippen molar-refractivity contribution in [2.45, 2.75) is 59.4 Å². The number of piperazine rings is 1. The maximum Gasteiger partial charge on any atom is 0.312 e. The zero-order chi connectivity index (χ0) is 16.0. The Morgan fingerprint density at radius 1 is 1.10 bits per heavy atom. The summed E-state index contributed by atoms with van der Waals surface area (Å²) >= 11 is 4.54. The van der Waals surface area contributed by atoms with Gasteiger partial charge in [0.05, 0.1) is 0 Å². The molecule has 122 valence electrons. The van der Waals surface area contributed by atoms with Crippen molar-refractivity contribution in [1.82, 2.24) is 9.80 Å². The lowest BCUT2D eigenvalue weighted by Gasteiger charge is -2.41. The number of rotatable bonds is 8. The van der Waals surface area contributed by atoms with Gasteiger partial charge in [-0.3, -0.25) is 9.59 Å². The van der Waals surface area contributed by atoms with Crippen LogP contribution in [0.25, 0.3) is 0 Å². The van der Waals surface area contributed by atoms with Crippen molar-refractivity contribution in [1.29, 1.82) is 0 Å². The van der Waals surface area contributed by atoms with Gasteiger partial charge in [0.15, 0.2) is 0 Å². The molecule has 4 nitrogen and oxygen atoms in total. The van der Waals surface area contributed by atoms with E-state index >= 15 is 0 Å². The van der Waals surface area contributed by atoms with E-state index in [2.05, 4.69) is 26.5 Å². The first-order valence-electron chi connectivity index (χ1n) is 8.11. The number of thiol groups is 1. The molecule has 0 spiro atoms. The second kappa shape index (κ2) is 8.06. The highest BCUT2D eigenvalue weighted by atomic mass is 32.1. The molecule has 0 radical (unpaired) electrons. The van der Waals surface area contributed by atoms with Gasteiger partial charge in [0.1, 0.15) is 0 Å². The van der Waals surface area contributed by atoms with Gasteiger partial charge in [0, 0.05) is 25.7 Å². The highest BCUT2D eigenvalue weighted by Gasteiger charge is 2.38. The van der Waals surface area contributed by atoms with Gasteiger partial charge in [-0.1, -0.05) is 26.7 Å². The molecule has 5 heteroatoms. The Kier molecular flexibility index (Phi) is 7.04. The van der Waals surface area contributed by atoms with Gasteiger partial charge < -0.3 is 9.80 Å². The lowest BCUT2D eigenvalue weighted by Crippen LogP contribution is -2.58. The molecule has 0 atom stereocenters. The minimum Gasteiger partial charge on any atom is -0.332 e. The standard InChI is InChI=1S/C16H30N2O2S/c1-5-7-16(12-21,8-6-2)11-17-9-10-18(13(3)4)15(20)14(17)19/h13,21H,5-12H2,1-4H3. The lowest BCUT2D eigenvalue weighted by molar-refractivity contribution is -0.158. The normalized spacial score (nSPS) is 17.0. The molecule has 0 unspecified atom stereocenters. The van der Waals surface area contributed by atoms with Gasteiger partial charge in [-0.25, -0.2) is 0 Å². The summed E-state index contributed by atoms with van der Waals surface area (Å²) in [6, 6.07) is 0.0875. The first-order chi connectivity index (χ1) is 9.90. The predicted molar refractivity (Wildman–Crippen MR) is 89.5 cm³/mol. The molecule has 0 aromatic rings. The maximum atomic E-state index is 12.4. The van der Waals surface area contributed by atoms with Crippen LogP contribution in [0.2, 0.25) is 0 Å². The topological polar surface area (TPSA) is 40.6 Å². The summed E-state index contributed by atoms with van der Waals surface area (Å²) in [5, 5.41) is 0. The molecule has 2 amide bonds. The van der Waals surface area contributed by atoms with Crippen molar-refractivity contribution < 1.29 is 9.59 Å². The van der Waals surface area contributed by atoms with E-state index in [1.807, 2.05) is 13.8 Å². The third kappa shape index (κ3) is 4.38. The molecular weight excluding hydrogens is 284 g/mol. The van der Waals surface area contributed by atoms with E-state index in [0.29, 0.717) is 19.6 Å². The predicted octanol–water partition coefficient (Wildman–Crippen LogP) is 2.58. The number of hydrogen-bond acceptors (Lipinski definition) is 3. The average Bonchev–Trinajstić information content (AvgIpc) is 2.44. The highest BCUT2D eigenvalue weighted by Crippen LogP contribution is 2.33. The molecule has 1 fully saturated rings. The van der Waals surface area contributed by atoms with Crippen LogP contribution in [0, 0.1) is 5.41 Å². The van der Waals surface area contributed by atoms with Crippen molar-refractivity contribution in [2.24, 2.45) is 5.41 Å². The minimum atomic E-state index is -0.350. The van der Waals surface area contributed by atoms with Crippen LogP contribution in [-0.4, -0.2) is 53.0 Å². The number of hydrogen-bond donors (Lipinski definition) is 1. The van der Waals surface area contributed by atoms with Crippen LogP contribution in [0.1, 0.15) is 53.4 Å². The first-order valence-corrected chi connectivity index (χ1v) is 8.74. The fraction of sp³-hybridized carbons (Fsp3) is 0.875.